The number of hydrogen-bond acceptors (Lipinski definition) is 4. The van der Waals surface area contributed by atoms with Crippen molar-refractivity contribution in [2.24, 2.45) is 12.0 Å². The standard InChI is InChI=1S/C23H20ClN3O3S2/c1-14-12-20-21(13-15(14)2)31-23(27(20)3)25-22(28)16-4-8-18(9-5-16)26-32(29,30)19-10-6-17(24)7-11-19/h4-13,26H,1-3H3. The maximum atomic E-state index is 12.7. The highest BCUT2D eigenvalue weighted by atomic mass is 35.5. The zero-order valence-corrected chi connectivity index (χ0v) is 20.0. The van der Waals surface area contributed by atoms with Gasteiger partial charge in [-0.15, -0.1) is 0 Å². The highest BCUT2D eigenvalue weighted by Crippen LogP contribution is 2.22. The Labute approximate surface area is 194 Å². The number of aromatic nitrogens is 1. The van der Waals surface area contributed by atoms with Crippen LogP contribution < -0.4 is 9.52 Å². The van der Waals surface area contributed by atoms with Crippen LogP contribution in [0.5, 0.6) is 0 Å². The van der Waals surface area contributed by atoms with Crippen molar-refractivity contribution in [3.63, 3.8) is 0 Å². The van der Waals surface area contributed by atoms with E-state index in [1.54, 1.807) is 12.1 Å². The maximum absolute atomic E-state index is 12.7. The third kappa shape index (κ3) is 4.48. The van der Waals surface area contributed by atoms with Crippen molar-refractivity contribution in [1.29, 1.82) is 0 Å². The van der Waals surface area contributed by atoms with Crippen molar-refractivity contribution in [2.45, 2.75) is 18.7 Å². The van der Waals surface area contributed by atoms with Crippen LogP contribution in [0.15, 0.2) is 70.6 Å². The summed E-state index contributed by atoms with van der Waals surface area (Å²) in [5.41, 5.74) is 4.10. The lowest BCUT2D eigenvalue weighted by Gasteiger charge is -2.08. The predicted octanol–water partition coefficient (Wildman–Crippen LogP) is 5.05. The van der Waals surface area contributed by atoms with Gasteiger partial charge in [0.25, 0.3) is 15.9 Å². The van der Waals surface area contributed by atoms with Crippen LogP contribution in [0.3, 0.4) is 0 Å². The van der Waals surface area contributed by atoms with Crippen LogP contribution >= 0.6 is 22.9 Å². The minimum Gasteiger partial charge on any atom is -0.319 e. The summed E-state index contributed by atoms with van der Waals surface area (Å²) in [6.07, 6.45) is 0. The molecule has 0 radical (unpaired) electrons. The number of hydrogen-bond donors (Lipinski definition) is 1. The van der Waals surface area contributed by atoms with E-state index >= 15 is 0 Å². The molecule has 4 rings (SSSR count). The topological polar surface area (TPSA) is 80.5 Å². The molecule has 0 aliphatic heterocycles. The van der Waals surface area contributed by atoms with Gasteiger partial charge in [0, 0.05) is 23.3 Å². The number of carbonyl (C=O) groups excluding carboxylic acids is 1. The first kappa shape index (κ1) is 22.3. The van der Waals surface area contributed by atoms with Gasteiger partial charge < -0.3 is 4.57 Å². The van der Waals surface area contributed by atoms with Crippen LogP contribution in [0, 0.1) is 13.8 Å². The summed E-state index contributed by atoms with van der Waals surface area (Å²) < 4.78 is 30.5. The molecule has 0 atom stereocenters. The molecule has 0 saturated heterocycles. The van der Waals surface area contributed by atoms with Crippen molar-refractivity contribution < 1.29 is 13.2 Å². The minimum absolute atomic E-state index is 0.0970. The number of amides is 1. The summed E-state index contributed by atoms with van der Waals surface area (Å²) in [6.45, 7) is 4.11. The van der Waals surface area contributed by atoms with Gasteiger partial charge in [-0.1, -0.05) is 22.9 Å². The van der Waals surface area contributed by atoms with E-state index in [1.807, 2.05) is 11.6 Å². The number of carbonyl (C=O) groups is 1. The molecule has 0 unspecified atom stereocenters. The first-order chi connectivity index (χ1) is 15.1. The van der Waals surface area contributed by atoms with Gasteiger partial charge in [0.1, 0.15) is 0 Å². The number of benzene rings is 3. The lowest BCUT2D eigenvalue weighted by Crippen LogP contribution is -2.14. The SMILES string of the molecule is Cc1cc2sc(=NC(=O)c3ccc(NS(=O)(=O)c4ccc(Cl)cc4)cc3)n(C)c2cc1C. The Morgan fingerprint density at radius 2 is 1.62 bits per heavy atom. The fraction of sp³-hybridized carbons (Fsp3) is 0.130. The number of nitrogens with one attached hydrogen (secondary N) is 1. The zero-order valence-electron chi connectivity index (χ0n) is 17.6. The lowest BCUT2D eigenvalue weighted by molar-refractivity contribution is 0.0998. The monoisotopic (exact) mass is 485 g/mol. The molecule has 0 spiro atoms. The molecule has 6 nitrogen and oxygen atoms in total. The molecule has 9 heteroatoms. The Bertz CT molecular complexity index is 1500. The molecule has 164 valence electrons. The third-order valence-electron chi connectivity index (χ3n) is 5.13. The summed E-state index contributed by atoms with van der Waals surface area (Å²) in [5, 5.41) is 0.452. The molecule has 3 aromatic carbocycles. The Morgan fingerprint density at radius 1 is 1.00 bits per heavy atom. The maximum Gasteiger partial charge on any atom is 0.279 e. The number of aryl methyl sites for hydroxylation is 3. The van der Waals surface area contributed by atoms with Gasteiger partial charge in [0.2, 0.25) is 0 Å². The zero-order chi connectivity index (χ0) is 23.0. The largest absolute Gasteiger partial charge is 0.319 e. The van der Waals surface area contributed by atoms with Crippen LogP contribution in [-0.4, -0.2) is 18.9 Å². The van der Waals surface area contributed by atoms with Gasteiger partial charge in [-0.25, -0.2) is 8.42 Å². The molecule has 4 aromatic rings. The second-order valence-corrected chi connectivity index (χ2v) is 10.5. The summed E-state index contributed by atoms with van der Waals surface area (Å²) in [6, 6.07) is 16.2. The van der Waals surface area contributed by atoms with E-state index in [4.69, 9.17) is 11.6 Å². The second kappa shape index (κ2) is 8.54. The van der Waals surface area contributed by atoms with E-state index in [9.17, 15) is 13.2 Å². The molecule has 0 fully saturated rings. The molecule has 0 aliphatic rings. The van der Waals surface area contributed by atoms with Crippen molar-refractivity contribution in [3.8, 4) is 0 Å². The average Bonchev–Trinajstić information content (AvgIpc) is 3.03. The third-order valence-corrected chi connectivity index (χ3v) is 7.87. The first-order valence-corrected chi connectivity index (χ1v) is 12.4. The van der Waals surface area contributed by atoms with E-state index < -0.39 is 15.9 Å². The summed E-state index contributed by atoms with van der Waals surface area (Å²) in [7, 11) is -1.87. The number of rotatable bonds is 4. The summed E-state index contributed by atoms with van der Waals surface area (Å²) >= 11 is 7.27. The molecule has 1 amide bonds. The van der Waals surface area contributed by atoms with E-state index in [2.05, 4.69) is 35.7 Å². The highest BCUT2D eigenvalue weighted by Gasteiger charge is 2.15. The van der Waals surface area contributed by atoms with E-state index in [0.717, 1.165) is 10.2 Å². The second-order valence-electron chi connectivity index (χ2n) is 7.40. The first-order valence-electron chi connectivity index (χ1n) is 9.68. The van der Waals surface area contributed by atoms with Crippen LogP contribution in [0.4, 0.5) is 5.69 Å². The lowest BCUT2D eigenvalue weighted by atomic mass is 10.1. The molecule has 1 N–H and O–H groups in total. The Hall–Kier alpha value is -2.94. The van der Waals surface area contributed by atoms with Gasteiger partial charge in [0.05, 0.1) is 15.1 Å². The number of anilines is 1. The molecule has 0 aliphatic carbocycles. The molecular weight excluding hydrogens is 466 g/mol. The Kier molecular flexibility index (Phi) is 5.94. The van der Waals surface area contributed by atoms with Gasteiger partial charge >= 0.3 is 0 Å². The van der Waals surface area contributed by atoms with Crippen LogP contribution in [0.1, 0.15) is 21.5 Å². The van der Waals surface area contributed by atoms with Crippen molar-refractivity contribution in [2.75, 3.05) is 4.72 Å². The Balaban J connectivity index is 1.58. The minimum atomic E-state index is -3.76. The van der Waals surface area contributed by atoms with Gasteiger partial charge in [-0.3, -0.25) is 9.52 Å². The molecule has 0 bridgehead atoms. The van der Waals surface area contributed by atoms with Gasteiger partial charge in [-0.05, 0) is 85.6 Å². The number of fused-ring (bicyclic) bond motifs is 1. The molecular formula is C23H20ClN3O3S2. The quantitative estimate of drug-likeness (QED) is 0.439. The highest BCUT2D eigenvalue weighted by molar-refractivity contribution is 7.92. The predicted molar refractivity (Wildman–Crippen MR) is 129 cm³/mol. The van der Waals surface area contributed by atoms with Gasteiger partial charge in [-0.2, -0.15) is 4.99 Å². The number of sulfonamides is 1. The smallest absolute Gasteiger partial charge is 0.279 e. The summed E-state index contributed by atoms with van der Waals surface area (Å²) in [4.78, 5) is 17.7. The molecule has 0 saturated carbocycles. The molecule has 1 heterocycles. The van der Waals surface area contributed by atoms with E-state index in [-0.39, 0.29) is 4.90 Å². The number of halogens is 1. The molecule has 32 heavy (non-hydrogen) atoms. The number of thiazole rings is 1. The fourth-order valence-corrected chi connectivity index (χ4v) is 5.43. The average molecular weight is 486 g/mol. The van der Waals surface area contributed by atoms with E-state index in [1.165, 1.54) is 58.9 Å². The van der Waals surface area contributed by atoms with Crippen LogP contribution in [-0.2, 0) is 17.1 Å². The molecule has 1 aromatic heterocycles. The van der Waals surface area contributed by atoms with Crippen molar-refractivity contribution in [1.82, 2.24) is 4.57 Å². The summed E-state index contributed by atoms with van der Waals surface area (Å²) in [5.74, 6) is -0.396. The van der Waals surface area contributed by atoms with Crippen molar-refractivity contribution >= 4 is 54.8 Å². The van der Waals surface area contributed by atoms with E-state index in [0.29, 0.717) is 21.1 Å². The van der Waals surface area contributed by atoms with Gasteiger partial charge in [0.15, 0.2) is 4.80 Å². The number of nitrogens with zero attached hydrogens (tertiary/aromatic N) is 2. The van der Waals surface area contributed by atoms with Crippen LogP contribution in [0.2, 0.25) is 5.02 Å². The Morgan fingerprint density at radius 3 is 2.28 bits per heavy atom. The van der Waals surface area contributed by atoms with Crippen molar-refractivity contribution in [3.05, 3.63) is 87.2 Å². The normalized spacial score (nSPS) is 12.3. The van der Waals surface area contributed by atoms with Crippen LogP contribution in [0.25, 0.3) is 10.2 Å². The fourth-order valence-electron chi connectivity index (χ4n) is 3.15.